The quantitative estimate of drug-likeness (QED) is 0.624. The molecule has 0 aromatic carbocycles. The van der Waals surface area contributed by atoms with E-state index in [2.05, 4.69) is 4.98 Å². The number of aliphatic hydroxyl groups excluding tert-OH is 1. The number of aromatic nitrogens is 2. The summed E-state index contributed by atoms with van der Waals surface area (Å²) < 4.78 is 7.54. The highest BCUT2D eigenvalue weighted by Gasteiger charge is 2.14. The van der Waals surface area contributed by atoms with Crippen LogP contribution in [0.1, 0.15) is 31.4 Å². The molecule has 1 aromatic rings. The molecule has 0 spiro atoms. The second kappa shape index (κ2) is 6.42. The van der Waals surface area contributed by atoms with Gasteiger partial charge in [0.05, 0.1) is 24.6 Å². The third-order valence-corrected chi connectivity index (χ3v) is 4.26. The smallest absolute Gasteiger partial charge is 0.167 e. The van der Waals surface area contributed by atoms with E-state index < -0.39 is 0 Å². The topological polar surface area (TPSA) is 47.3 Å². The van der Waals surface area contributed by atoms with Gasteiger partial charge in [0, 0.05) is 19.4 Å². The fraction of sp³-hybridized carbons (Fsp3) is 0.750. The number of thioether (sulfide) groups is 1. The Morgan fingerprint density at radius 2 is 2.53 bits per heavy atom. The van der Waals surface area contributed by atoms with Crippen molar-refractivity contribution in [3.63, 3.8) is 0 Å². The molecule has 1 aliphatic rings. The molecule has 0 amide bonds. The van der Waals surface area contributed by atoms with E-state index in [4.69, 9.17) is 9.84 Å². The Morgan fingerprint density at radius 1 is 1.65 bits per heavy atom. The molecule has 1 fully saturated rings. The van der Waals surface area contributed by atoms with Crippen LogP contribution in [0.5, 0.6) is 0 Å². The van der Waals surface area contributed by atoms with Crippen molar-refractivity contribution in [3.8, 4) is 0 Å². The van der Waals surface area contributed by atoms with E-state index in [1.165, 1.54) is 12.8 Å². The van der Waals surface area contributed by atoms with Crippen molar-refractivity contribution < 1.29 is 9.84 Å². The van der Waals surface area contributed by atoms with Crippen LogP contribution < -0.4 is 0 Å². The minimum atomic E-state index is 0.0555. The minimum absolute atomic E-state index is 0.0555. The molecule has 1 atom stereocenters. The second-order valence-electron chi connectivity index (χ2n) is 4.37. The Bertz CT molecular complexity index is 348. The lowest BCUT2D eigenvalue weighted by atomic mass is 10.1. The second-order valence-corrected chi connectivity index (χ2v) is 5.44. The van der Waals surface area contributed by atoms with Gasteiger partial charge in [0.25, 0.3) is 0 Å². The van der Waals surface area contributed by atoms with E-state index in [1.807, 2.05) is 11.6 Å². The van der Waals surface area contributed by atoms with Crippen LogP contribution in [0.2, 0.25) is 0 Å². The first kappa shape index (κ1) is 12.9. The largest absolute Gasteiger partial charge is 0.390 e. The van der Waals surface area contributed by atoms with Gasteiger partial charge in [0.1, 0.15) is 0 Å². The van der Waals surface area contributed by atoms with Crippen molar-refractivity contribution in [2.24, 2.45) is 7.05 Å². The zero-order valence-corrected chi connectivity index (χ0v) is 11.1. The molecule has 1 unspecified atom stereocenters. The van der Waals surface area contributed by atoms with Crippen molar-refractivity contribution in [2.45, 2.75) is 43.6 Å². The average Bonchev–Trinajstić information content (AvgIpc) is 2.95. The molecular formula is C12H20N2O2S. The van der Waals surface area contributed by atoms with Gasteiger partial charge in [-0.05, 0) is 25.7 Å². The van der Waals surface area contributed by atoms with Crippen LogP contribution in [-0.2, 0) is 18.4 Å². The standard InChI is InChI=1S/C12H20N2O2S/c1-14-10(9-15)8-13-12(14)17-7-3-5-11-4-2-6-16-11/h8,11,15H,2-7,9H2,1H3. The summed E-state index contributed by atoms with van der Waals surface area (Å²) in [5, 5.41) is 10.0. The summed E-state index contributed by atoms with van der Waals surface area (Å²) in [6, 6.07) is 0. The highest BCUT2D eigenvalue weighted by atomic mass is 32.2. The van der Waals surface area contributed by atoms with Crippen LogP contribution in [0.15, 0.2) is 11.4 Å². The van der Waals surface area contributed by atoms with Gasteiger partial charge in [-0.25, -0.2) is 4.98 Å². The lowest BCUT2D eigenvalue weighted by molar-refractivity contribution is 0.104. The Morgan fingerprint density at radius 3 is 3.18 bits per heavy atom. The number of rotatable bonds is 6. The molecule has 0 aliphatic carbocycles. The molecule has 0 saturated carbocycles. The van der Waals surface area contributed by atoms with E-state index in [1.54, 1.807) is 18.0 Å². The van der Waals surface area contributed by atoms with Gasteiger partial charge < -0.3 is 14.4 Å². The van der Waals surface area contributed by atoms with Crippen LogP contribution in [-0.4, -0.2) is 33.1 Å². The van der Waals surface area contributed by atoms with Crippen molar-refractivity contribution >= 4 is 11.8 Å². The zero-order valence-electron chi connectivity index (χ0n) is 10.3. The van der Waals surface area contributed by atoms with E-state index in [9.17, 15) is 0 Å². The van der Waals surface area contributed by atoms with Crippen molar-refractivity contribution in [3.05, 3.63) is 11.9 Å². The van der Waals surface area contributed by atoms with E-state index in [0.717, 1.165) is 36.1 Å². The van der Waals surface area contributed by atoms with Gasteiger partial charge in [-0.2, -0.15) is 0 Å². The summed E-state index contributed by atoms with van der Waals surface area (Å²) in [7, 11) is 1.95. The molecule has 5 heteroatoms. The first-order valence-electron chi connectivity index (χ1n) is 6.17. The maximum atomic E-state index is 9.06. The summed E-state index contributed by atoms with van der Waals surface area (Å²) in [6.45, 7) is 0.997. The van der Waals surface area contributed by atoms with E-state index in [0.29, 0.717) is 6.10 Å². The molecule has 0 bridgehead atoms. The number of hydrogen-bond acceptors (Lipinski definition) is 4. The lowest BCUT2D eigenvalue weighted by Gasteiger charge is -2.08. The first-order chi connectivity index (χ1) is 8.31. The van der Waals surface area contributed by atoms with Gasteiger partial charge in [-0.15, -0.1) is 0 Å². The Labute approximate surface area is 106 Å². The molecule has 96 valence electrons. The zero-order chi connectivity index (χ0) is 12.1. The van der Waals surface area contributed by atoms with E-state index in [-0.39, 0.29) is 6.61 Å². The fourth-order valence-electron chi connectivity index (χ4n) is 2.05. The van der Waals surface area contributed by atoms with Crippen LogP contribution >= 0.6 is 11.8 Å². The minimum Gasteiger partial charge on any atom is -0.390 e. The number of aliphatic hydroxyl groups is 1. The first-order valence-corrected chi connectivity index (χ1v) is 7.15. The predicted molar refractivity (Wildman–Crippen MR) is 68.1 cm³/mol. The van der Waals surface area contributed by atoms with E-state index >= 15 is 0 Å². The summed E-state index contributed by atoms with van der Waals surface area (Å²) in [5.41, 5.74) is 0.867. The molecule has 17 heavy (non-hydrogen) atoms. The van der Waals surface area contributed by atoms with Crippen LogP contribution in [0.4, 0.5) is 0 Å². The fourth-order valence-corrected chi connectivity index (χ4v) is 2.98. The molecule has 1 N–H and O–H groups in total. The molecule has 2 heterocycles. The Hall–Kier alpha value is -0.520. The molecular weight excluding hydrogens is 236 g/mol. The van der Waals surface area contributed by atoms with Gasteiger partial charge in [-0.3, -0.25) is 0 Å². The van der Waals surface area contributed by atoms with Crippen molar-refractivity contribution in [2.75, 3.05) is 12.4 Å². The number of nitrogens with zero attached hydrogens (tertiary/aromatic N) is 2. The summed E-state index contributed by atoms with van der Waals surface area (Å²) in [4.78, 5) is 4.29. The lowest BCUT2D eigenvalue weighted by Crippen LogP contribution is -2.05. The highest BCUT2D eigenvalue weighted by molar-refractivity contribution is 7.99. The van der Waals surface area contributed by atoms with Crippen molar-refractivity contribution in [1.82, 2.24) is 9.55 Å². The van der Waals surface area contributed by atoms with Crippen molar-refractivity contribution in [1.29, 1.82) is 0 Å². The predicted octanol–water partition coefficient (Wildman–Crippen LogP) is 1.96. The SMILES string of the molecule is Cn1c(CO)cnc1SCCCC1CCCO1. The molecule has 4 nitrogen and oxygen atoms in total. The van der Waals surface area contributed by atoms with Gasteiger partial charge in [0.2, 0.25) is 0 Å². The number of ether oxygens (including phenoxy) is 1. The highest BCUT2D eigenvalue weighted by Crippen LogP contribution is 2.22. The Balaban J connectivity index is 1.68. The summed E-state index contributed by atoms with van der Waals surface area (Å²) in [5.74, 6) is 1.07. The summed E-state index contributed by atoms with van der Waals surface area (Å²) >= 11 is 1.75. The molecule has 1 aliphatic heterocycles. The Kier molecular flexibility index (Phi) is 4.88. The monoisotopic (exact) mass is 256 g/mol. The van der Waals surface area contributed by atoms with Gasteiger partial charge in [0.15, 0.2) is 5.16 Å². The molecule has 1 saturated heterocycles. The van der Waals surface area contributed by atoms with Gasteiger partial charge in [-0.1, -0.05) is 11.8 Å². The average molecular weight is 256 g/mol. The maximum Gasteiger partial charge on any atom is 0.167 e. The summed E-state index contributed by atoms with van der Waals surface area (Å²) in [6.07, 6.45) is 6.99. The maximum absolute atomic E-state index is 9.06. The van der Waals surface area contributed by atoms with Crippen LogP contribution in [0.25, 0.3) is 0 Å². The van der Waals surface area contributed by atoms with Crippen LogP contribution in [0, 0.1) is 0 Å². The molecule has 0 radical (unpaired) electrons. The number of hydrogen-bond donors (Lipinski definition) is 1. The van der Waals surface area contributed by atoms with Crippen LogP contribution in [0.3, 0.4) is 0 Å². The molecule has 1 aromatic heterocycles. The third kappa shape index (κ3) is 3.47. The van der Waals surface area contributed by atoms with Gasteiger partial charge >= 0.3 is 0 Å². The molecule has 2 rings (SSSR count). The normalized spacial score (nSPS) is 20.0. The number of imidazole rings is 1. The third-order valence-electron chi connectivity index (χ3n) is 3.13.